The molecule has 0 bridgehead atoms. The summed E-state index contributed by atoms with van der Waals surface area (Å²) in [6, 6.07) is 3.11. The topological polar surface area (TPSA) is 82.5 Å². The molecule has 2 aromatic rings. The maximum atomic E-state index is 13.1. The molecule has 108 valence electrons. The number of halogens is 1. The molecule has 5 nitrogen and oxygen atoms in total. The maximum absolute atomic E-state index is 13.1. The van der Waals surface area contributed by atoms with Gasteiger partial charge >= 0.3 is 0 Å². The van der Waals surface area contributed by atoms with Crippen molar-refractivity contribution in [3.8, 4) is 17.6 Å². The number of phenolic OH excluding ortho intramolecular Hbond substituents is 1. The summed E-state index contributed by atoms with van der Waals surface area (Å²) in [5.74, 6) is 3.93. The number of aliphatic hydroxyl groups excluding tert-OH is 1. The van der Waals surface area contributed by atoms with E-state index in [0.29, 0.717) is 11.3 Å². The van der Waals surface area contributed by atoms with Gasteiger partial charge in [0.1, 0.15) is 11.6 Å². The molecule has 0 aliphatic carbocycles. The molecule has 0 fully saturated rings. The van der Waals surface area contributed by atoms with Crippen molar-refractivity contribution in [3.63, 3.8) is 0 Å². The van der Waals surface area contributed by atoms with Crippen molar-refractivity contribution in [2.75, 3.05) is 11.9 Å². The van der Waals surface area contributed by atoms with E-state index >= 15 is 0 Å². The van der Waals surface area contributed by atoms with Gasteiger partial charge in [0, 0.05) is 6.42 Å². The molecule has 21 heavy (non-hydrogen) atoms. The number of nitrogens with one attached hydrogen (secondary N) is 1. The lowest BCUT2D eigenvalue weighted by molar-refractivity contribution is 0.102. The zero-order chi connectivity index (χ0) is 15.2. The van der Waals surface area contributed by atoms with Crippen LogP contribution in [-0.4, -0.2) is 27.7 Å². The third kappa shape index (κ3) is 4.02. The molecule has 0 saturated carbocycles. The second kappa shape index (κ2) is 6.83. The number of rotatable bonds is 3. The molecule has 7 heteroatoms. The number of amides is 1. The largest absolute Gasteiger partial charge is 0.507 e. The second-order valence-electron chi connectivity index (χ2n) is 3.92. The SMILES string of the molecule is O=C(Nc1ncc(C#CCCO)s1)c1cc(F)ccc1O. The van der Waals surface area contributed by atoms with Gasteiger partial charge in [-0.2, -0.15) is 0 Å². The first kappa shape index (κ1) is 15.0. The Hall–Kier alpha value is -2.43. The van der Waals surface area contributed by atoms with Crippen molar-refractivity contribution >= 4 is 22.4 Å². The first-order chi connectivity index (χ1) is 10.1. The summed E-state index contributed by atoms with van der Waals surface area (Å²) < 4.78 is 13.1. The molecule has 0 aliphatic rings. The number of phenols is 1. The molecule has 3 N–H and O–H groups in total. The number of nitrogens with zero attached hydrogens (tertiary/aromatic N) is 1. The highest BCUT2D eigenvalue weighted by Crippen LogP contribution is 2.22. The molecule has 1 heterocycles. The van der Waals surface area contributed by atoms with Gasteiger partial charge in [0.25, 0.3) is 5.91 Å². The molecule has 0 unspecified atom stereocenters. The number of hydrogen-bond donors (Lipinski definition) is 3. The minimum absolute atomic E-state index is 0.0196. The highest BCUT2D eigenvalue weighted by atomic mass is 32.1. The van der Waals surface area contributed by atoms with E-state index in [1.807, 2.05) is 0 Å². The van der Waals surface area contributed by atoms with Crippen LogP contribution in [0.5, 0.6) is 5.75 Å². The zero-order valence-electron chi connectivity index (χ0n) is 10.8. The molecular formula is C14H11FN2O3S. The maximum Gasteiger partial charge on any atom is 0.261 e. The van der Waals surface area contributed by atoms with Crippen molar-refractivity contribution in [2.24, 2.45) is 0 Å². The summed E-state index contributed by atoms with van der Waals surface area (Å²) in [7, 11) is 0. The Kier molecular flexibility index (Phi) is 4.87. The molecular weight excluding hydrogens is 295 g/mol. The van der Waals surface area contributed by atoms with Gasteiger partial charge in [0.2, 0.25) is 0 Å². The summed E-state index contributed by atoms with van der Waals surface area (Å²) >= 11 is 1.14. The minimum Gasteiger partial charge on any atom is -0.507 e. The van der Waals surface area contributed by atoms with E-state index < -0.39 is 11.7 Å². The fourth-order valence-electron chi connectivity index (χ4n) is 1.45. The Balaban J connectivity index is 2.10. The number of benzene rings is 1. The predicted octanol–water partition coefficient (Wildman–Crippen LogP) is 1.97. The molecule has 1 amide bonds. The van der Waals surface area contributed by atoms with Crippen LogP contribution in [-0.2, 0) is 0 Å². The summed E-state index contributed by atoms with van der Waals surface area (Å²) in [4.78, 5) is 16.5. The van der Waals surface area contributed by atoms with Gasteiger partial charge in [-0.05, 0) is 18.2 Å². The Labute approximate surface area is 124 Å². The molecule has 0 saturated heterocycles. The number of aromatic nitrogens is 1. The Morgan fingerprint density at radius 1 is 1.48 bits per heavy atom. The van der Waals surface area contributed by atoms with E-state index in [0.717, 1.165) is 29.5 Å². The number of aromatic hydroxyl groups is 1. The molecule has 1 aromatic carbocycles. The van der Waals surface area contributed by atoms with Gasteiger partial charge in [0.15, 0.2) is 5.13 Å². The van der Waals surface area contributed by atoms with Crippen molar-refractivity contribution < 1.29 is 19.4 Å². The number of anilines is 1. The molecule has 2 rings (SSSR count). The highest BCUT2D eigenvalue weighted by Gasteiger charge is 2.14. The van der Waals surface area contributed by atoms with Crippen LogP contribution < -0.4 is 5.32 Å². The van der Waals surface area contributed by atoms with Crippen LogP contribution in [0.4, 0.5) is 9.52 Å². The van der Waals surface area contributed by atoms with Crippen molar-refractivity contribution in [1.29, 1.82) is 0 Å². The van der Waals surface area contributed by atoms with Gasteiger partial charge in [0.05, 0.1) is 23.2 Å². The van der Waals surface area contributed by atoms with E-state index in [1.54, 1.807) is 0 Å². The first-order valence-corrected chi connectivity index (χ1v) is 6.77. The van der Waals surface area contributed by atoms with E-state index in [4.69, 9.17) is 5.11 Å². The van der Waals surface area contributed by atoms with E-state index in [1.165, 1.54) is 6.20 Å². The van der Waals surface area contributed by atoms with Crippen LogP contribution in [0.3, 0.4) is 0 Å². The Bertz CT molecular complexity index is 718. The Morgan fingerprint density at radius 2 is 2.29 bits per heavy atom. The lowest BCUT2D eigenvalue weighted by Gasteiger charge is -2.03. The summed E-state index contributed by atoms with van der Waals surface area (Å²) in [5, 5.41) is 20.9. The second-order valence-corrected chi connectivity index (χ2v) is 4.95. The van der Waals surface area contributed by atoms with Gasteiger partial charge in [-0.1, -0.05) is 23.2 Å². The van der Waals surface area contributed by atoms with Crippen LogP contribution in [0.1, 0.15) is 21.7 Å². The summed E-state index contributed by atoms with van der Waals surface area (Å²) in [6.45, 7) is -0.0196. The number of carbonyl (C=O) groups excluding carboxylic acids is 1. The zero-order valence-corrected chi connectivity index (χ0v) is 11.6. The van der Waals surface area contributed by atoms with Gasteiger partial charge in [-0.3, -0.25) is 10.1 Å². The Morgan fingerprint density at radius 3 is 3.05 bits per heavy atom. The number of carbonyl (C=O) groups is 1. The quantitative estimate of drug-likeness (QED) is 0.757. The van der Waals surface area contributed by atoms with Gasteiger partial charge < -0.3 is 10.2 Å². The third-order valence-corrected chi connectivity index (χ3v) is 3.21. The molecule has 1 aromatic heterocycles. The standard InChI is InChI=1S/C14H11FN2O3S/c15-9-4-5-12(19)11(7-9)13(20)17-14-16-8-10(21-14)3-1-2-6-18/h4-5,7-8,18-19H,2,6H2,(H,16,17,20). The average molecular weight is 306 g/mol. The van der Waals surface area contributed by atoms with E-state index in [9.17, 15) is 14.3 Å². The normalized spacial score (nSPS) is 9.81. The monoisotopic (exact) mass is 306 g/mol. The van der Waals surface area contributed by atoms with Crippen molar-refractivity contribution in [2.45, 2.75) is 6.42 Å². The molecule has 0 radical (unpaired) electrons. The average Bonchev–Trinajstić information content (AvgIpc) is 2.89. The lowest BCUT2D eigenvalue weighted by Crippen LogP contribution is -2.12. The van der Waals surface area contributed by atoms with Crippen LogP contribution in [0.15, 0.2) is 24.4 Å². The number of aliphatic hydroxyl groups is 1. The van der Waals surface area contributed by atoms with Gasteiger partial charge in [-0.25, -0.2) is 9.37 Å². The van der Waals surface area contributed by atoms with Crippen molar-refractivity contribution in [3.05, 3.63) is 40.7 Å². The number of thiazole rings is 1. The fourth-order valence-corrected chi connectivity index (χ4v) is 2.14. The highest BCUT2D eigenvalue weighted by molar-refractivity contribution is 7.16. The third-order valence-electron chi connectivity index (χ3n) is 2.38. The summed E-state index contributed by atoms with van der Waals surface area (Å²) in [6.07, 6.45) is 1.84. The number of hydrogen-bond acceptors (Lipinski definition) is 5. The van der Waals surface area contributed by atoms with Crippen molar-refractivity contribution in [1.82, 2.24) is 4.98 Å². The van der Waals surface area contributed by atoms with Crippen LogP contribution in [0, 0.1) is 17.7 Å². The van der Waals surface area contributed by atoms with Crippen LogP contribution in [0.25, 0.3) is 0 Å². The lowest BCUT2D eigenvalue weighted by atomic mass is 10.2. The predicted molar refractivity (Wildman–Crippen MR) is 76.7 cm³/mol. The van der Waals surface area contributed by atoms with Gasteiger partial charge in [-0.15, -0.1) is 0 Å². The first-order valence-electron chi connectivity index (χ1n) is 5.95. The summed E-state index contributed by atoms with van der Waals surface area (Å²) in [5.41, 5.74) is -0.168. The molecule has 0 aliphatic heterocycles. The fraction of sp³-hybridized carbons (Fsp3) is 0.143. The molecule has 0 atom stereocenters. The minimum atomic E-state index is -0.656. The van der Waals surface area contributed by atoms with E-state index in [-0.39, 0.29) is 23.1 Å². The van der Waals surface area contributed by atoms with Crippen LogP contribution >= 0.6 is 11.3 Å². The molecule has 0 spiro atoms. The smallest absolute Gasteiger partial charge is 0.261 e. The van der Waals surface area contributed by atoms with E-state index in [2.05, 4.69) is 22.1 Å². The van der Waals surface area contributed by atoms with Crippen LogP contribution in [0.2, 0.25) is 0 Å².